The maximum Gasteiger partial charge on any atom is 0.0594 e. The van der Waals surface area contributed by atoms with E-state index in [0.717, 1.165) is 45.4 Å². The van der Waals surface area contributed by atoms with Crippen molar-refractivity contribution in [2.45, 2.75) is 0 Å². The summed E-state index contributed by atoms with van der Waals surface area (Å²) in [6.45, 7) is 7.19. The summed E-state index contributed by atoms with van der Waals surface area (Å²) in [4.78, 5) is 2.47. The van der Waals surface area contributed by atoms with Crippen LogP contribution in [-0.4, -0.2) is 51.0 Å². The van der Waals surface area contributed by atoms with Crippen molar-refractivity contribution in [3.63, 3.8) is 0 Å². The molecule has 0 atom stereocenters. The van der Waals surface area contributed by atoms with Crippen LogP contribution in [0.1, 0.15) is 0 Å². The average molecular weight is 157 g/mol. The molecule has 0 aromatic carbocycles. The van der Waals surface area contributed by atoms with E-state index in [2.05, 4.69) is 4.90 Å². The van der Waals surface area contributed by atoms with Crippen molar-refractivity contribution in [2.24, 2.45) is 5.92 Å². The molecule has 0 aliphatic carbocycles. The van der Waals surface area contributed by atoms with Gasteiger partial charge < -0.3 is 9.47 Å². The Morgan fingerprint density at radius 2 is 1.82 bits per heavy atom. The van der Waals surface area contributed by atoms with Crippen LogP contribution in [0.15, 0.2) is 0 Å². The molecular formula is C8H15NO2. The van der Waals surface area contributed by atoms with Gasteiger partial charge in [-0.05, 0) is 0 Å². The third-order valence-corrected chi connectivity index (χ3v) is 2.33. The van der Waals surface area contributed by atoms with Crippen LogP contribution in [0.5, 0.6) is 0 Å². The van der Waals surface area contributed by atoms with Gasteiger partial charge in [0.05, 0.1) is 26.4 Å². The fraction of sp³-hybridized carbons (Fsp3) is 1.00. The zero-order chi connectivity index (χ0) is 7.52. The molecule has 2 aliphatic rings. The lowest BCUT2D eigenvalue weighted by molar-refractivity contribution is -0.0594. The molecule has 0 radical (unpaired) electrons. The minimum Gasteiger partial charge on any atom is -0.381 e. The number of ether oxygens (including phenoxy) is 2. The van der Waals surface area contributed by atoms with Crippen LogP contribution in [0.3, 0.4) is 0 Å². The molecule has 3 nitrogen and oxygen atoms in total. The zero-order valence-electron chi connectivity index (χ0n) is 6.79. The molecule has 0 amide bonds. The summed E-state index contributed by atoms with van der Waals surface area (Å²) in [5, 5.41) is 0. The van der Waals surface area contributed by atoms with Crippen molar-refractivity contribution in [3.05, 3.63) is 0 Å². The lowest BCUT2D eigenvalue weighted by Crippen LogP contribution is -2.44. The van der Waals surface area contributed by atoms with Gasteiger partial charge in [-0.3, -0.25) is 4.90 Å². The molecule has 2 rings (SSSR count). The molecule has 3 heteroatoms. The molecule has 0 aromatic heterocycles. The summed E-state index contributed by atoms with van der Waals surface area (Å²) >= 11 is 0. The van der Waals surface area contributed by atoms with Crippen LogP contribution >= 0.6 is 0 Å². The number of morpholine rings is 1. The van der Waals surface area contributed by atoms with E-state index in [0.29, 0.717) is 0 Å². The maximum absolute atomic E-state index is 5.26. The minimum atomic E-state index is 0.799. The third kappa shape index (κ3) is 1.92. The van der Waals surface area contributed by atoms with E-state index >= 15 is 0 Å². The lowest BCUT2D eigenvalue weighted by Gasteiger charge is -2.34. The summed E-state index contributed by atoms with van der Waals surface area (Å²) in [5.74, 6) is 0.799. The Balaban J connectivity index is 1.67. The van der Waals surface area contributed by atoms with Crippen LogP contribution in [-0.2, 0) is 9.47 Å². The van der Waals surface area contributed by atoms with Crippen LogP contribution < -0.4 is 0 Å². The van der Waals surface area contributed by atoms with Gasteiger partial charge in [0.15, 0.2) is 0 Å². The second-order valence-corrected chi connectivity index (χ2v) is 3.32. The highest BCUT2D eigenvalue weighted by Crippen LogP contribution is 2.12. The van der Waals surface area contributed by atoms with Gasteiger partial charge in [0, 0.05) is 25.6 Å². The zero-order valence-corrected chi connectivity index (χ0v) is 6.79. The normalized spacial score (nSPS) is 28.4. The fourth-order valence-electron chi connectivity index (χ4n) is 1.54. The highest BCUT2D eigenvalue weighted by atomic mass is 16.5. The van der Waals surface area contributed by atoms with Gasteiger partial charge in [-0.1, -0.05) is 0 Å². The second kappa shape index (κ2) is 3.52. The molecule has 64 valence electrons. The average Bonchev–Trinajstić information content (AvgIpc) is 1.99. The molecule has 2 heterocycles. The van der Waals surface area contributed by atoms with Gasteiger partial charge in [-0.2, -0.15) is 0 Å². The molecule has 2 fully saturated rings. The quantitative estimate of drug-likeness (QED) is 0.561. The first-order chi connectivity index (χ1) is 5.45. The summed E-state index contributed by atoms with van der Waals surface area (Å²) in [7, 11) is 0. The van der Waals surface area contributed by atoms with E-state index in [9.17, 15) is 0 Å². The molecule has 2 aliphatic heterocycles. The van der Waals surface area contributed by atoms with Crippen LogP contribution in [0.2, 0.25) is 0 Å². The second-order valence-electron chi connectivity index (χ2n) is 3.32. The topological polar surface area (TPSA) is 21.7 Å². The summed E-state index contributed by atoms with van der Waals surface area (Å²) in [6, 6.07) is 0. The van der Waals surface area contributed by atoms with Gasteiger partial charge in [0.2, 0.25) is 0 Å². The Kier molecular flexibility index (Phi) is 2.41. The molecule has 0 unspecified atom stereocenters. The van der Waals surface area contributed by atoms with E-state index in [1.807, 2.05) is 0 Å². The maximum atomic E-state index is 5.26. The van der Waals surface area contributed by atoms with Gasteiger partial charge in [0.1, 0.15) is 0 Å². The Labute approximate surface area is 67.3 Å². The molecule has 0 aromatic rings. The monoisotopic (exact) mass is 157 g/mol. The standard InChI is InChI=1S/C8H15NO2/c1-3-10-4-2-9(1)5-8-6-11-7-8/h8H,1-7H2. The first-order valence-electron chi connectivity index (χ1n) is 4.33. The lowest BCUT2D eigenvalue weighted by atomic mass is 10.1. The first kappa shape index (κ1) is 7.53. The van der Waals surface area contributed by atoms with Crippen LogP contribution in [0.25, 0.3) is 0 Å². The van der Waals surface area contributed by atoms with Crippen molar-refractivity contribution in [3.8, 4) is 0 Å². The highest BCUT2D eigenvalue weighted by Gasteiger charge is 2.22. The van der Waals surface area contributed by atoms with Crippen molar-refractivity contribution >= 4 is 0 Å². The van der Waals surface area contributed by atoms with Crippen LogP contribution in [0.4, 0.5) is 0 Å². The minimum absolute atomic E-state index is 0.799. The predicted molar refractivity (Wildman–Crippen MR) is 41.6 cm³/mol. The Morgan fingerprint density at radius 1 is 1.09 bits per heavy atom. The Morgan fingerprint density at radius 3 is 2.36 bits per heavy atom. The van der Waals surface area contributed by atoms with Gasteiger partial charge in [-0.25, -0.2) is 0 Å². The third-order valence-electron chi connectivity index (χ3n) is 2.33. The smallest absolute Gasteiger partial charge is 0.0594 e. The molecule has 0 N–H and O–H groups in total. The first-order valence-corrected chi connectivity index (χ1v) is 4.33. The summed E-state index contributed by atoms with van der Waals surface area (Å²) in [5.41, 5.74) is 0. The van der Waals surface area contributed by atoms with Gasteiger partial charge >= 0.3 is 0 Å². The molecule has 0 saturated carbocycles. The number of hydrogen-bond acceptors (Lipinski definition) is 3. The van der Waals surface area contributed by atoms with Crippen molar-refractivity contribution in [1.29, 1.82) is 0 Å². The Bertz CT molecular complexity index is 119. The molecular weight excluding hydrogens is 142 g/mol. The molecule has 2 saturated heterocycles. The predicted octanol–water partition coefficient (Wildman–Crippen LogP) is -0.0350. The molecule has 0 bridgehead atoms. The van der Waals surface area contributed by atoms with E-state index < -0.39 is 0 Å². The van der Waals surface area contributed by atoms with E-state index in [-0.39, 0.29) is 0 Å². The SMILES string of the molecule is C1CN(CC2COC2)CCO1. The fourth-order valence-corrected chi connectivity index (χ4v) is 1.54. The number of rotatable bonds is 2. The summed E-state index contributed by atoms with van der Waals surface area (Å²) in [6.07, 6.45) is 0. The largest absolute Gasteiger partial charge is 0.381 e. The van der Waals surface area contributed by atoms with E-state index in [4.69, 9.17) is 9.47 Å². The van der Waals surface area contributed by atoms with E-state index in [1.54, 1.807) is 0 Å². The molecule has 11 heavy (non-hydrogen) atoms. The summed E-state index contributed by atoms with van der Waals surface area (Å²) < 4.78 is 10.4. The van der Waals surface area contributed by atoms with Crippen molar-refractivity contribution in [1.82, 2.24) is 4.90 Å². The van der Waals surface area contributed by atoms with Crippen molar-refractivity contribution in [2.75, 3.05) is 46.1 Å². The number of hydrogen-bond donors (Lipinski definition) is 0. The highest BCUT2D eigenvalue weighted by molar-refractivity contribution is 4.72. The van der Waals surface area contributed by atoms with Gasteiger partial charge in [-0.15, -0.1) is 0 Å². The van der Waals surface area contributed by atoms with E-state index in [1.165, 1.54) is 6.54 Å². The van der Waals surface area contributed by atoms with Gasteiger partial charge in [0.25, 0.3) is 0 Å². The van der Waals surface area contributed by atoms with Crippen molar-refractivity contribution < 1.29 is 9.47 Å². The Hall–Kier alpha value is -0.120. The molecule has 0 spiro atoms. The number of nitrogens with zero attached hydrogens (tertiary/aromatic N) is 1. The van der Waals surface area contributed by atoms with Crippen LogP contribution in [0, 0.1) is 5.92 Å².